The van der Waals surface area contributed by atoms with E-state index >= 15 is 0 Å². The number of carbonyl (C=O) groups excluding carboxylic acids is 1. The SMILES string of the molecule is CCC1CCN(C(=O)Nc2ccncc2[N+](=O)[O-])C1. The van der Waals surface area contributed by atoms with Crippen LogP contribution in [0.5, 0.6) is 0 Å². The van der Waals surface area contributed by atoms with Crippen molar-refractivity contribution >= 4 is 17.4 Å². The molecule has 19 heavy (non-hydrogen) atoms. The molecule has 1 atom stereocenters. The van der Waals surface area contributed by atoms with E-state index in [-0.39, 0.29) is 17.4 Å². The highest BCUT2D eigenvalue weighted by molar-refractivity contribution is 5.91. The number of anilines is 1. The largest absolute Gasteiger partial charge is 0.324 e. The molecule has 1 aromatic rings. The summed E-state index contributed by atoms with van der Waals surface area (Å²) < 4.78 is 0. The smallest absolute Gasteiger partial charge is 0.322 e. The zero-order valence-electron chi connectivity index (χ0n) is 10.7. The standard InChI is InChI=1S/C12H16N4O3/c1-2-9-4-6-15(8-9)12(17)14-10-3-5-13-7-11(10)16(18)19/h3,5,7,9H,2,4,6,8H2,1H3,(H,13,14,17). The Morgan fingerprint density at radius 1 is 1.68 bits per heavy atom. The van der Waals surface area contributed by atoms with Crippen molar-refractivity contribution in [2.24, 2.45) is 5.92 Å². The van der Waals surface area contributed by atoms with Crippen molar-refractivity contribution in [3.63, 3.8) is 0 Å². The maximum Gasteiger partial charge on any atom is 0.322 e. The van der Waals surface area contributed by atoms with Gasteiger partial charge in [-0.15, -0.1) is 0 Å². The van der Waals surface area contributed by atoms with E-state index in [0.717, 1.165) is 19.0 Å². The molecule has 1 N–H and O–H groups in total. The fourth-order valence-electron chi connectivity index (χ4n) is 2.18. The van der Waals surface area contributed by atoms with Gasteiger partial charge >= 0.3 is 11.7 Å². The minimum absolute atomic E-state index is 0.185. The molecule has 0 aliphatic carbocycles. The van der Waals surface area contributed by atoms with Gasteiger partial charge in [0, 0.05) is 19.3 Å². The van der Waals surface area contributed by atoms with Crippen LogP contribution < -0.4 is 5.32 Å². The monoisotopic (exact) mass is 264 g/mol. The third kappa shape index (κ3) is 2.98. The molecule has 1 aromatic heterocycles. The first-order valence-electron chi connectivity index (χ1n) is 6.26. The molecule has 7 nitrogen and oxygen atoms in total. The fourth-order valence-corrected chi connectivity index (χ4v) is 2.18. The van der Waals surface area contributed by atoms with Gasteiger partial charge in [0.05, 0.1) is 4.92 Å². The van der Waals surface area contributed by atoms with Crippen LogP contribution in [-0.4, -0.2) is 33.9 Å². The van der Waals surface area contributed by atoms with Gasteiger partial charge in [-0.25, -0.2) is 4.79 Å². The molecular formula is C12H16N4O3. The van der Waals surface area contributed by atoms with Gasteiger partial charge in [-0.1, -0.05) is 13.3 Å². The normalized spacial score (nSPS) is 18.4. The molecule has 0 radical (unpaired) electrons. The summed E-state index contributed by atoms with van der Waals surface area (Å²) in [7, 11) is 0. The fraction of sp³-hybridized carbons (Fsp3) is 0.500. The molecule has 102 valence electrons. The highest BCUT2D eigenvalue weighted by atomic mass is 16.6. The number of hydrogen-bond acceptors (Lipinski definition) is 4. The van der Waals surface area contributed by atoms with Gasteiger partial charge in [-0.3, -0.25) is 15.1 Å². The Morgan fingerprint density at radius 2 is 2.47 bits per heavy atom. The van der Waals surface area contributed by atoms with Gasteiger partial charge in [0.2, 0.25) is 0 Å². The maximum atomic E-state index is 12.0. The van der Waals surface area contributed by atoms with E-state index in [0.29, 0.717) is 19.0 Å². The number of urea groups is 1. The van der Waals surface area contributed by atoms with Crippen LogP contribution in [0.4, 0.5) is 16.2 Å². The van der Waals surface area contributed by atoms with Crippen molar-refractivity contribution in [2.75, 3.05) is 18.4 Å². The lowest BCUT2D eigenvalue weighted by atomic mass is 10.1. The molecule has 2 amide bonds. The molecule has 7 heteroatoms. The number of pyridine rings is 1. The zero-order chi connectivity index (χ0) is 13.8. The minimum Gasteiger partial charge on any atom is -0.324 e. The number of nitrogens with zero attached hydrogens (tertiary/aromatic N) is 3. The van der Waals surface area contributed by atoms with Crippen LogP contribution in [0.3, 0.4) is 0 Å². The van der Waals surface area contributed by atoms with Crippen LogP contribution in [-0.2, 0) is 0 Å². The Balaban J connectivity index is 2.05. The molecule has 2 rings (SSSR count). The Kier molecular flexibility index (Phi) is 3.94. The number of nitrogens with one attached hydrogen (secondary N) is 1. The first kappa shape index (κ1) is 13.3. The quantitative estimate of drug-likeness (QED) is 0.669. The lowest BCUT2D eigenvalue weighted by molar-refractivity contribution is -0.384. The van der Waals surface area contributed by atoms with Gasteiger partial charge < -0.3 is 10.2 Å². The lowest BCUT2D eigenvalue weighted by Crippen LogP contribution is -2.33. The molecule has 0 spiro atoms. The lowest BCUT2D eigenvalue weighted by Gasteiger charge is -2.17. The van der Waals surface area contributed by atoms with Crippen LogP contribution in [0.15, 0.2) is 18.5 Å². The predicted octanol–water partition coefficient (Wildman–Crippen LogP) is 2.25. The Labute approximate surface area is 110 Å². The van der Waals surface area contributed by atoms with Crippen LogP contribution in [0.1, 0.15) is 19.8 Å². The third-order valence-corrected chi connectivity index (χ3v) is 3.39. The van der Waals surface area contributed by atoms with Gasteiger partial charge in [0.25, 0.3) is 0 Å². The maximum absolute atomic E-state index is 12.0. The third-order valence-electron chi connectivity index (χ3n) is 3.39. The Hall–Kier alpha value is -2.18. The number of hydrogen-bond donors (Lipinski definition) is 1. The minimum atomic E-state index is -0.554. The van der Waals surface area contributed by atoms with Gasteiger partial charge in [0.1, 0.15) is 11.9 Å². The van der Waals surface area contributed by atoms with Crippen molar-refractivity contribution < 1.29 is 9.72 Å². The van der Waals surface area contributed by atoms with E-state index < -0.39 is 4.92 Å². The molecule has 0 bridgehead atoms. The summed E-state index contributed by atoms with van der Waals surface area (Å²) in [4.78, 5) is 27.7. The number of amides is 2. The summed E-state index contributed by atoms with van der Waals surface area (Å²) in [6.07, 6.45) is 4.58. The van der Waals surface area contributed by atoms with E-state index in [4.69, 9.17) is 0 Å². The van der Waals surface area contributed by atoms with Crippen LogP contribution in [0.25, 0.3) is 0 Å². The second kappa shape index (κ2) is 5.64. The van der Waals surface area contributed by atoms with Gasteiger partial charge in [0.15, 0.2) is 0 Å². The van der Waals surface area contributed by atoms with E-state index in [1.165, 1.54) is 12.3 Å². The summed E-state index contributed by atoms with van der Waals surface area (Å²) in [5, 5.41) is 13.4. The Bertz CT molecular complexity index is 492. The van der Waals surface area contributed by atoms with Gasteiger partial charge in [-0.05, 0) is 18.4 Å². The highest BCUT2D eigenvalue weighted by Gasteiger charge is 2.26. The average molecular weight is 264 g/mol. The molecular weight excluding hydrogens is 248 g/mol. The summed E-state index contributed by atoms with van der Waals surface area (Å²) >= 11 is 0. The van der Waals surface area contributed by atoms with E-state index in [9.17, 15) is 14.9 Å². The second-order valence-electron chi connectivity index (χ2n) is 4.59. The summed E-state index contributed by atoms with van der Waals surface area (Å²) in [6, 6.07) is 1.15. The average Bonchev–Trinajstić information content (AvgIpc) is 2.88. The molecule has 1 aliphatic rings. The van der Waals surface area contributed by atoms with E-state index in [1.54, 1.807) is 4.90 Å². The number of nitro groups is 1. The van der Waals surface area contributed by atoms with E-state index in [1.807, 2.05) is 0 Å². The van der Waals surface area contributed by atoms with Crippen molar-refractivity contribution in [2.45, 2.75) is 19.8 Å². The summed E-state index contributed by atoms with van der Waals surface area (Å²) in [6.45, 7) is 3.50. The summed E-state index contributed by atoms with van der Waals surface area (Å²) in [5.74, 6) is 0.526. The molecule has 2 heterocycles. The predicted molar refractivity (Wildman–Crippen MR) is 69.9 cm³/mol. The van der Waals surface area contributed by atoms with Gasteiger partial charge in [-0.2, -0.15) is 0 Å². The van der Waals surface area contributed by atoms with Crippen LogP contribution in [0.2, 0.25) is 0 Å². The van der Waals surface area contributed by atoms with Crippen molar-refractivity contribution in [3.05, 3.63) is 28.6 Å². The first-order valence-corrected chi connectivity index (χ1v) is 6.26. The number of carbonyl (C=O) groups is 1. The molecule has 0 aromatic carbocycles. The van der Waals surface area contributed by atoms with Crippen molar-refractivity contribution in [1.29, 1.82) is 0 Å². The molecule has 1 unspecified atom stereocenters. The second-order valence-corrected chi connectivity index (χ2v) is 4.59. The number of rotatable bonds is 3. The first-order chi connectivity index (χ1) is 9.11. The molecule has 0 saturated carbocycles. The molecule has 1 aliphatic heterocycles. The van der Waals surface area contributed by atoms with E-state index in [2.05, 4.69) is 17.2 Å². The molecule has 1 saturated heterocycles. The van der Waals surface area contributed by atoms with Crippen LogP contribution in [0, 0.1) is 16.0 Å². The number of likely N-dealkylation sites (tertiary alicyclic amines) is 1. The molecule has 1 fully saturated rings. The topological polar surface area (TPSA) is 88.4 Å². The highest BCUT2D eigenvalue weighted by Crippen LogP contribution is 2.24. The van der Waals surface area contributed by atoms with Crippen LogP contribution >= 0.6 is 0 Å². The van der Waals surface area contributed by atoms with Crippen molar-refractivity contribution in [1.82, 2.24) is 9.88 Å². The Morgan fingerprint density at radius 3 is 3.11 bits per heavy atom. The number of aromatic nitrogens is 1. The zero-order valence-corrected chi connectivity index (χ0v) is 10.7. The van der Waals surface area contributed by atoms with Crippen molar-refractivity contribution in [3.8, 4) is 0 Å². The summed E-state index contributed by atoms with van der Waals surface area (Å²) in [5.41, 5.74) is -0.00737.